The monoisotopic (exact) mass is 498 g/mol. The lowest BCUT2D eigenvalue weighted by atomic mass is 9.81. The summed E-state index contributed by atoms with van der Waals surface area (Å²) < 4.78 is 0. The Morgan fingerprint density at radius 3 is 2.19 bits per heavy atom. The number of nitrogens with one attached hydrogen (secondary N) is 1. The van der Waals surface area contributed by atoms with Crippen molar-refractivity contribution in [2.45, 2.75) is 16.1 Å². The van der Waals surface area contributed by atoms with Crippen LogP contribution in [0, 0.1) is 23.7 Å². The molecule has 7 nitrogen and oxygen atoms in total. The third-order valence-electron chi connectivity index (χ3n) is 5.81. The lowest BCUT2D eigenvalue weighted by Gasteiger charge is -2.28. The van der Waals surface area contributed by atoms with Crippen LogP contribution >= 0.6 is 31.9 Å². The number of aromatic carboxylic acids is 1. The molecule has 0 spiro atoms. The Morgan fingerprint density at radius 2 is 1.63 bits per heavy atom. The molecular formula is C18H16Br2N2O5. The van der Waals surface area contributed by atoms with Gasteiger partial charge in [-0.3, -0.25) is 19.3 Å². The van der Waals surface area contributed by atoms with E-state index in [0.29, 0.717) is 0 Å². The number of carboxylic acid groups (broad SMARTS) is 1. The van der Waals surface area contributed by atoms with E-state index in [0.717, 1.165) is 11.3 Å². The fourth-order valence-electron chi connectivity index (χ4n) is 4.68. The summed E-state index contributed by atoms with van der Waals surface area (Å²) in [5, 5.41) is 11.7. The smallest absolute Gasteiger partial charge is 0.337 e. The number of carboxylic acids is 1. The number of hydrogen-bond donors (Lipinski definition) is 2. The molecule has 1 aliphatic heterocycles. The van der Waals surface area contributed by atoms with E-state index in [2.05, 4.69) is 37.2 Å². The van der Waals surface area contributed by atoms with Gasteiger partial charge in [0, 0.05) is 9.65 Å². The zero-order chi connectivity index (χ0) is 19.5. The lowest BCUT2D eigenvalue weighted by Crippen LogP contribution is -2.39. The topological polar surface area (TPSA) is 104 Å². The second kappa shape index (κ2) is 6.70. The molecule has 6 atom stereocenters. The van der Waals surface area contributed by atoms with Gasteiger partial charge in [0.25, 0.3) is 0 Å². The van der Waals surface area contributed by atoms with Crippen LogP contribution in [0.3, 0.4) is 0 Å². The molecule has 2 saturated carbocycles. The van der Waals surface area contributed by atoms with E-state index in [4.69, 9.17) is 0 Å². The predicted octanol–water partition coefficient (Wildman–Crippen LogP) is 2.10. The number of likely N-dealkylation sites (tertiary alicyclic amines) is 1. The van der Waals surface area contributed by atoms with Gasteiger partial charge < -0.3 is 10.4 Å². The first-order chi connectivity index (χ1) is 12.8. The number of imide groups is 1. The summed E-state index contributed by atoms with van der Waals surface area (Å²) in [7, 11) is 0. The van der Waals surface area contributed by atoms with Crippen molar-refractivity contribution in [2.75, 3.05) is 11.9 Å². The summed E-state index contributed by atoms with van der Waals surface area (Å²) in [5.74, 6) is -2.95. The number of para-hydroxylation sites is 1. The van der Waals surface area contributed by atoms with Crippen LogP contribution in [0.25, 0.3) is 0 Å². The zero-order valence-corrected chi connectivity index (χ0v) is 17.1. The highest BCUT2D eigenvalue weighted by molar-refractivity contribution is 9.12. The highest BCUT2D eigenvalue weighted by Crippen LogP contribution is 2.60. The first-order valence-corrected chi connectivity index (χ1v) is 10.4. The van der Waals surface area contributed by atoms with Crippen molar-refractivity contribution in [1.82, 2.24) is 4.90 Å². The molecular weight excluding hydrogens is 484 g/mol. The number of halogens is 2. The molecule has 4 rings (SSSR count). The van der Waals surface area contributed by atoms with Crippen LogP contribution in [0.2, 0.25) is 0 Å². The van der Waals surface area contributed by atoms with Crippen molar-refractivity contribution in [3.8, 4) is 0 Å². The average molecular weight is 500 g/mol. The second-order valence-corrected chi connectivity index (χ2v) is 9.28. The first-order valence-electron chi connectivity index (χ1n) is 8.56. The number of fused-ring (bicyclic) bond motifs is 5. The van der Waals surface area contributed by atoms with Crippen LogP contribution in [0.1, 0.15) is 16.8 Å². The molecule has 2 bridgehead atoms. The molecule has 2 aliphatic carbocycles. The van der Waals surface area contributed by atoms with Crippen molar-refractivity contribution < 1.29 is 24.3 Å². The Morgan fingerprint density at radius 1 is 1.07 bits per heavy atom. The Bertz CT molecular complexity index is 828. The third kappa shape index (κ3) is 2.82. The normalized spacial score (nSPS) is 34.1. The van der Waals surface area contributed by atoms with Crippen molar-refractivity contribution in [2.24, 2.45) is 23.7 Å². The van der Waals surface area contributed by atoms with Gasteiger partial charge in [0.1, 0.15) is 6.54 Å². The van der Waals surface area contributed by atoms with E-state index >= 15 is 0 Å². The first kappa shape index (κ1) is 18.6. The summed E-state index contributed by atoms with van der Waals surface area (Å²) in [5.41, 5.74) is 0.0829. The number of anilines is 1. The minimum absolute atomic E-state index is 0.0518. The minimum atomic E-state index is -1.17. The maximum Gasteiger partial charge on any atom is 0.337 e. The quantitative estimate of drug-likeness (QED) is 0.487. The van der Waals surface area contributed by atoms with E-state index in [1.165, 1.54) is 12.1 Å². The number of amides is 3. The molecule has 3 aliphatic rings. The summed E-state index contributed by atoms with van der Waals surface area (Å²) in [6.45, 7) is -0.405. The number of nitrogens with zero attached hydrogens (tertiary/aromatic N) is 1. The van der Waals surface area contributed by atoms with Gasteiger partial charge in [0.05, 0.1) is 23.1 Å². The Hall–Kier alpha value is -1.74. The molecule has 1 heterocycles. The molecule has 9 heteroatoms. The minimum Gasteiger partial charge on any atom is -0.478 e. The Labute approximate surface area is 171 Å². The summed E-state index contributed by atoms with van der Waals surface area (Å²) in [6, 6.07) is 5.99. The molecule has 27 heavy (non-hydrogen) atoms. The molecule has 1 saturated heterocycles. The van der Waals surface area contributed by atoms with E-state index < -0.39 is 18.4 Å². The number of benzene rings is 1. The van der Waals surface area contributed by atoms with Crippen molar-refractivity contribution in [3.05, 3.63) is 29.8 Å². The molecule has 0 radical (unpaired) electrons. The maximum absolute atomic E-state index is 12.8. The molecule has 1 aromatic rings. The fraction of sp³-hybridized carbons (Fsp3) is 0.444. The van der Waals surface area contributed by atoms with Gasteiger partial charge >= 0.3 is 5.97 Å². The molecule has 3 amide bonds. The van der Waals surface area contributed by atoms with Crippen LogP contribution in [0.15, 0.2) is 24.3 Å². The predicted molar refractivity (Wildman–Crippen MR) is 103 cm³/mol. The molecule has 142 valence electrons. The van der Waals surface area contributed by atoms with E-state index in [1.807, 2.05) is 0 Å². The van der Waals surface area contributed by atoms with Gasteiger partial charge in [-0.2, -0.15) is 0 Å². The van der Waals surface area contributed by atoms with Crippen molar-refractivity contribution in [1.29, 1.82) is 0 Å². The number of alkyl halides is 2. The Kier molecular flexibility index (Phi) is 4.62. The number of carbonyl (C=O) groups excluding carboxylic acids is 3. The van der Waals surface area contributed by atoms with Gasteiger partial charge in [0.2, 0.25) is 17.7 Å². The van der Waals surface area contributed by atoms with E-state index in [1.54, 1.807) is 12.1 Å². The average Bonchev–Trinajstić information content (AvgIpc) is 3.23. The lowest BCUT2D eigenvalue weighted by molar-refractivity contribution is -0.143. The zero-order valence-electron chi connectivity index (χ0n) is 14.0. The van der Waals surface area contributed by atoms with Crippen LogP contribution in [0.4, 0.5) is 5.69 Å². The molecule has 3 fully saturated rings. The van der Waals surface area contributed by atoms with Gasteiger partial charge in [-0.05, 0) is 30.4 Å². The van der Waals surface area contributed by atoms with Crippen molar-refractivity contribution in [3.63, 3.8) is 0 Å². The SMILES string of the molecule is O=C(CN1C(=O)[C@@H]2[C@H]3C[C@@H]([C@H](Br)[C@@H]3Br)[C@@H]2C1=O)Nc1ccccc1C(=O)O. The van der Waals surface area contributed by atoms with Crippen LogP contribution < -0.4 is 5.32 Å². The van der Waals surface area contributed by atoms with Gasteiger partial charge in [-0.25, -0.2) is 4.79 Å². The fourth-order valence-corrected chi connectivity index (χ4v) is 6.55. The third-order valence-corrected chi connectivity index (χ3v) is 9.02. The molecule has 0 unspecified atom stereocenters. The van der Waals surface area contributed by atoms with E-state index in [9.17, 15) is 24.3 Å². The number of carbonyl (C=O) groups is 4. The maximum atomic E-state index is 12.8. The molecule has 1 aromatic carbocycles. The van der Waals surface area contributed by atoms with Crippen LogP contribution in [-0.2, 0) is 14.4 Å². The number of hydrogen-bond acceptors (Lipinski definition) is 4. The van der Waals surface area contributed by atoms with Gasteiger partial charge in [0.15, 0.2) is 0 Å². The summed E-state index contributed by atoms with van der Waals surface area (Å²) >= 11 is 7.23. The van der Waals surface area contributed by atoms with Gasteiger partial charge in [-0.15, -0.1) is 0 Å². The van der Waals surface area contributed by atoms with Crippen LogP contribution in [0.5, 0.6) is 0 Å². The molecule has 2 N–H and O–H groups in total. The highest BCUT2D eigenvalue weighted by Gasteiger charge is 2.66. The van der Waals surface area contributed by atoms with Crippen molar-refractivity contribution >= 4 is 61.2 Å². The summed E-state index contributed by atoms with van der Waals surface area (Å²) in [4.78, 5) is 50.5. The largest absolute Gasteiger partial charge is 0.478 e. The molecule has 0 aromatic heterocycles. The highest BCUT2D eigenvalue weighted by atomic mass is 79.9. The summed E-state index contributed by atoms with van der Waals surface area (Å²) in [6.07, 6.45) is 0.824. The standard InChI is InChI=1S/C18H16Br2N2O5/c19-14-8-5-9(15(14)20)13-12(8)16(24)22(17(13)25)6-11(23)21-10-4-2-1-3-7(10)18(26)27/h1-4,8-9,12-15H,5-6H2,(H,21,23)(H,26,27)/t8-,9-,12-,13+,14-,15+/m1/s1. The number of rotatable bonds is 4. The van der Waals surface area contributed by atoms with Gasteiger partial charge in [-0.1, -0.05) is 44.0 Å². The Balaban J connectivity index is 1.50. The van der Waals surface area contributed by atoms with E-state index in [-0.39, 0.29) is 56.4 Å². The van der Waals surface area contributed by atoms with Crippen LogP contribution in [-0.4, -0.2) is 49.9 Å². The second-order valence-electron chi connectivity index (χ2n) is 7.17.